The molecule has 21 heavy (non-hydrogen) atoms. The van der Waals surface area contributed by atoms with E-state index in [1.165, 1.54) is 18.2 Å². The van der Waals surface area contributed by atoms with Crippen LogP contribution in [-0.2, 0) is 0 Å². The Kier molecular flexibility index (Phi) is 4.49. The van der Waals surface area contributed by atoms with Crippen LogP contribution in [0, 0.1) is 5.92 Å². The lowest BCUT2D eigenvalue weighted by molar-refractivity contribution is -0.275. The van der Waals surface area contributed by atoms with Gasteiger partial charge in [-0.2, -0.15) is 0 Å². The second-order valence-electron chi connectivity index (χ2n) is 5.77. The molecule has 0 bridgehead atoms. The Balaban J connectivity index is 2.25. The zero-order chi connectivity index (χ0) is 15.7. The molecule has 6 heteroatoms. The van der Waals surface area contributed by atoms with Crippen LogP contribution in [0.15, 0.2) is 24.3 Å². The summed E-state index contributed by atoms with van der Waals surface area (Å²) in [7, 11) is 0. The van der Waals surface area contributed by atoms with Crippen molar-refractivity contribution in [3.05, 3.63) is 29.8 Å². The smallest absolute Gasteiger partial charge is 0.405 e. The van der Waals surface area contributed by atoms with Gasteiger partial charge in [0.05, 0.1) is 5.60 Å². The average Bonchev–Trinajstić information content (AvgIpc) is 2.40. The first kappa shape index (κ1) is 16.1. The summed E-state index contributed by atoms with van der Waals surface area (Å²) in [5.41, 5.74) is -1.44. The van der Waals surface area contributed by atoms with Crippen LogP contribution >= 0.6 is 0 Å². The first-order chi connectivity index (χ1) is 9.71. The van der Waals surface area contributed by atoms with Crippen LogP contribution < -0.4 is 4.74 Å². The van der Waals surface area contributed by atoms with Crippen molar-refractivity contribution in [3.63, 3.8) is 0 Å². The van der Waals surface area contributed by atoms with Crippen LogP contribution in [0.25, 0.3) is 0 Å². The summed E-state index contributed by atoms with van der Waals surface area (Å²) < 4.78 is 41.2. The van der Waals surface area contributed by atoms with Gasteiger partial charge in [0, 0.05) is 5.56 Å². The van der Waals surface area contributed by atoms with Gasteiger partial charge in [0.25, 0.3) is 0 Å². The topological polar surface area (TPSA) is 49.7 Å². The number of halogens is 3. The van der Waals surface area contributed by atoms with Crippen LogP contribution in [-0.4, -0.2) is 22.2 Å². The van der Waals surface area contributed by atoms with E-state index in [-0.39, 0.29) is 5.56 Å². The molecular weight excluding hydrogens is 285 g/mol. The number of hydrogen-bond acceptors (Lipinski definition) is 3. The van der Waals surface area contributed by atoms with Crippen molar-refractivity contribution in [1.29, 1.82) is 0 Å². The minimum Gasteiger partial charge on any atom is -0.405 e. The van der Waals surface area contributed by atoms with E-state index in [0.717, 1.165) is 18.9 Å². The highest BCUT2D eigenvalue weighted by atomic mass is 19.4. The van der Waals surface area contributed by atoms with Crippen molar-refractivity contribution < 1.29 is 28.1 Å². The minimum absolute atomic E-state index is 0.0353. The monoisotopic (exact) mass is 304 g/mol. The average molecular weight is 304 g/mol. The summed E-state index contributed by atoms with van der Waals surface area (Å²) >= 11 is 0. The van der Waals surface area contributed by atoms with Crippen molar-refractivity contribution in [2.75, 3.05) is 0 Å². The summed E-state index contributed by atoms with van der Waals surface area (Å²) in [5.74, 6) is -0.0244. The normalized spacial score (nSPS) is 28.2. The Hall–Kier alpha value is -1.27. The number of ether oxygens (including phenoxy) is 1. The molecule has 1 aliphatic carbocycles. The van der Waals surface area contributed by atoms with Crippen LogP contribution in [0.3, 0.4) is 0 Å². The van der Waals surface area contributed by atoms with Gasteiger partial charge < -0.3 is 14.9 Å². The van der Waals surface area contributed by atoms with Gasteiger partial charge in [0.2, 0.25) is 0 Å². The van der Waals surface area contributed by atoms with E-state index in [4.69, 9.17) is 0 Å². The van der Waals surface area contributed by atoms with E-state index in [0.29, 0.717) is 18.8 Å². The lowest BCUT2D eigenvalue weighted by atomic mass is 9.75. The lowest BCUT2D eigenvalue weighted by Crippen LogP contribution is -2.40. The molecule has 0 heterocycles. The predicted molar refractivity (Wildman–Crippen MR) is 70.7 cm³/mol. The number of aliphatic hydroxyl groups is 2. The Morgan fingerprint density at radius 2 is 1.81 bits per heavy atom. The Labute approximate surface area is 121 Å². The molecule has 0 amide bonds. The largest absolute Gasteiger partial charge is 0.573 e. The summed E-state index contributed by atoms with van der Waals surface area (Å²) in [5, 5.41) is 20.9. The maximum Gasteiger partial charge on any atom is 0.573 e. The quantitative estimate of drug-likeness (QED) is 0.897. The number of para-hydroxylation sites is 1. The molecule has 1 saturated carbocycles. The van der Waals surface area contributed by atoms with E-state index in [9.17, 15) is 23.4 Å². The SMILES string of the molecule is CC1CCC(O)(C(O)c2ccccc2OC(F)(F)F)CC1. The van der Waals surface area contributed by atoms with E-state index in [1.54, 1.807) is 0 Å². The molecule has 1 aromatic rings. The molecule has 2 rings (SSSR count). The first-order valence-corrected chi connectivity index (χ1v) is 6.96. The van der Waals surface area contributed by atoms with E-state index in [2.05, 4.69) is 4.74 Å². The molecule has 2 N–H and O–H groups in total. The van der Waals surface area contributed by atoms with E-state index < -0.39 is 23.8 Å². The second kappa shape index (κ2) is 5.85. The summed E-state index contributed by atoms with van der Waals surface area (Å²) in [6.07, 6.45) is -4.06. The van der Waals surface area contributed by atoms with Gasteiger partial charge in [-0.15, -0.1) is 13.2 Å². The van der Waals surface area contributed by atoms with Crippen LogP contribution in [0.1, 0.15) is 44.3 Å². The van der Waals surface area contributed by atoms with Crippen LogP contribution in [0.4, 0.5) is 13.2 Å². The predicted octanol–water partition coefficient (Wildman–Crippen LogP) is 3.56. The number of alkyl halides is 3. The van der Waals surface area contributed by atoms with E-state index in [1.807, 2.05) is 6.92 Å². The number of aliphatic hydroxyl groups excluding tert-OH is 1. The zero-order valence-corrected chi connectivity index (χ0v) is 11.7. The Bertz CT molecular complexity index is 479. The first-order valence-electron chi connectivity index (χ1n) is 6.96. The number of hydrogen-bond donors (Lipinski definition) is 2. The van der Waals surface area contributed by atoms with Crippen molar-refractivity contribution >= 4 is 0 Å². The van der Waals surface area contributed by atoms with Crippen molar-refractivity contribution in [2.24, 2.45) is 5.92 Å². The number of benzene rings is 1. The third kappa shape index (κ3) is 3.89. The third-order valence-electron chi connectivity index (χ3n) is 4.09. The standard InChI is InChI=1S/C15H19F3O3/c1-10-6-8-14(20,9-7-10)13(19)11-4-2-3-5-12(11)21-15(16,17)18/h2-5,10,13,19-20H,6-9H2,1H3. The molecule has 1 aromatic carbocycles. The lowest BCUT2D eigenvalue weighted by Gasteiger charge is -2.39. The summed E-state index contributed by atoms with van der Waals surface area (Å²) in [4.78, 5) is 0. The molecule has 1 fully saturated rings. The van der Waals surface area contributed by atoms with Gasteiger partial charge in [0.15, 0.2) is 0 Å². The van der Waals surface area contributed by atoms with Gasteiger partial charge in [-0.1, -0.05) is 25.1 Å². The minimum atomic E-state index is -4.83. The highest BCUT2D eigenvalue weighted by Crippen LogP contribution is 2.43. The van der Waals surface area contributed by atoms with Gasteiger partial charge in [0.1, 0.15) is 11.9 Å². The van der Waals surface area contributed by atoms with Crippen LogP contribution in [0.5, 0.6) is 5.75 Å². The molecule has 0 saturated heterocycles. The van der Waals surface area contributed by atoms with Crippen molar-refractivity contribution in [3.8, 4) is 5.75 Å². The van der Waals surface area contributed by atoms with E-state index >= 15 is 0 Å². The third-order valence-corrected chi connectivity index (χ3v) is 4.09. The molecule has 0 radical (unpaired) electrons. The maximum atomic E-state index is 12.4. The summed E-state index contributed by atoms with van der Waals surface area (Å²) in [6, 6.07) is 5.39. The molecule has 1 atom stereocenters. The van der Waals surface area contributed by atoms with Gasteiger partial charge in [-0.05, 0) is 37.7 Å². The summed E-state index contributed by atoms with van der Waals surface area (Å²) in [6.45, 7) is 2.05. The molecule has 0 aliphatic heterocycles. The van der Waals surface area contributed by atoms with Crippen molar-refractivity contribution in [2.45, 2.75) is 50.7 Å². The molecule has 3 nitrogen and oxygen atoms in total. The zero-order valence-electron chi connectivity index (χ0n) is 11.7. The molecule has 118 valence electrons. The Morgan fingerprint density at radius 1 is 1.24 bits per heavy atom. The van der Waals surface area contributed by atoms with Gasteiger partial charge >= 0.3 is 6.36 Å². The molecule has 0 spiro atoms. The fraction of sp³-hybridized carbons (Fsp3) is 0.600. The van der Waals surface area contributed by atoms with Crippen LogP contribution in [0.2, 0.25) is 0 Å². The fourth-order valence-corrected chi connectivity index (χ4v) is 2.75. The molecular formula is C15H19F3O3. The maximum absolute atomic E-state index is 12.4. The molecule has 1 unspecified atom stereocenters. The van der Waals surface area contributed by atoms with Crippen molar-refractivity contribution in [1.82, 2.24) is 0 Å². The van der Waals surface area contributed by atoms with Gasteiger partial charge in [-0.25, -0.2) is 0 Å². The fourth-order valence-electron chi connectivity index (χ4n) is 2.75. The highest BCUT2D eigenvalue weighted by Gasteiger charge is 2.41. The highest BCUT2D eigenvalue weighted by molar-refractivity contribution is 5.36. The second-order valence-corrected chi connectivity index (χ2v) is 5.77. The Morgan fingerprint density at radius 3 is 2.38 bits per heavy atom. The number of rotatable bonds is 3. The molecule has 1 aliphatic rings. The van der Waals surface area contributed by atoms with Gasteiger partial charge in [-0.3, -0.25) is 0 Å². The molecule has 0 aromatic heterocycles.